The molecule has 132 valence electrons. The van der Waals surface area contributed by atoms with Crippen molar-refractivity contribution in [1.29, 1.82) is 0 Å². The minimum atomic E-state index is 0.176. The molecule has 0 aromatic heterocycles. The molecule has 0 aliphatic carbocycles. The number of rotatable bonds is 5. The van der Waals surface area contributed by atoms with Crippen LogP contribution in [0.3, 0.4) is 0 Å². The van der Waals surface area contributed by atoms with E-state index in [0.717, 1.165) is 41.5 Å². The lowest BCUT2D eigenvalue weighted by atomic mass is 9.89. The van der Waals surface area contributed by atoms with Gasteiger partial charge < -0.3 is 24.3 Å². The number of para-hydroxylation sites is 1. The summed E-state index contributed by atoms with van der Waals surface area (Å²) in [6, 6.07) is 10.6. The first-order chi connectivity index (χ1) is 12.3. The molecule has 0 radical (unpaired) electrons. The Balaban J connectivity index is 1.79. The zero-order valence-corrected chi connectivity index (χ0v) is 14.7. The number of benzene rings is 2. The fraction of sp³-hybridized carbons (Fsp3) is 0.400. The number of quaternary nitrogens is 1. The van der Waals surface area contributed by atoms with Crippen molar-refractivity contribution in [3.8, 4) is 23.0 Å². The maximum atomic E-state index is 5.84. The predicted octanol–water partition coefficient (Wildman–Crippen LogP) is 2.42. The van der Waals surface area contributed by atoms with Crippen LogP contribution in [-0.4, -0.2) is 26.6 Å². The predicted molar refractivity (Wildman–Crippen MR) is 93.7 cm³/mol. The zero-order valence-electron chi connectivity index (χ0n) is 14.7. The van der Waals surface area contributed by atoms with E-state index in [-0.39, 0.29) is 6.04 Å². The van der Waals surface area contributed by atoms with E-state index in [0.29, 0.717) is 20.0 Å². The Morgan fingerprint density at radius 1 is 1.04 bits per heavy atom. The van der Waals surface area contributed by atoms with Gasteiger partial charge in [0.05, 0.1) is 25.3 Å². The second kappa shape index (κ2) is 6.84. The largest absolute Gasteiger partial charge is 0.490 e. The minimum absolute atomic E-state index is 0.176. The number of ether oxygens (including phenoxy) is 4. The van der Waals surface area contributed by atoms with Gasteiger partial charge in [-0.3, -0.25) is 0 Å². The molecule has 0 unspecified atom stereocenters. The first-order valence-electron chi connectivity index (χ1n) is 8.96. The number of hydrogen-bond acceptors (Lipinski definition) is 4. The van der Waals surface area contributed by atoms with Crippen LogP contribution in [-0.2, 0) is 6.42 Å². The molecular formula is C20H24NO4+. The second-order valence-electron chi connectivity index (χ2n) is 6.20. The smallest absolute Gasteiger partial charge is 0.231 e. The molecule has 2 aromatic carbocycles. The topological polar surface area (TPSA) is 53.5 Å². The summed E-state index contributed by atoms with van der Waals surface area (Å²) in [5.41, 5.74) is 3.74. The van der Waals surface area contributed by atoms with E-state index in [2.05, 4.69) is 23.5 Å². The lowest BCUT2D eigenvalue weighted by molar-refractivity contribution is -0.690. The van der Waals surface area contributed by atoms with Gasteiger partial charge >= 0.3 is 0 Å². The van der Waals surface area contributed by atoms with Crippen LogP contribution in [0.15, 0.2) is 30.3 Å². The summed E-state index contributed by atoms with van der Waals surface area (Å²) in [6.45, 7) is 6.56. The average molecular weight is 342 g/mol. The van der Waals surface area contributed by atoms with Crippen molar-refractivity contribution in [3.05, 3.63) is 47.0 Å². The highest BCUT2D eigenvalue weighted by molar-refractivity contribution is 5.55. The van der Waals surface area contributed by atoms with E-state index in [9.17, 15) is 0 Å². The Morgan fingerprint density at radius 2 is 1.84 bits per heavy atom. The number of fused-ring (bicyclic) bond motifs is 2. The van der Waals surface area contributed by atoms with Gasteiger partial charge in [-0.15, -0.1) is 0 Å². The molecular weight excluding hydrogens is 318 g/mol. The van der Waals surface area contributed by atoms with Gasteiger partial charge in [-0.2, -0.15) is 0 Å². The van der Waals surface area contributed by atoms with Crippen molar-refractivity contribution < 1.29 is 24.3 Å². The van der Waals surface area contributed by atoms with Gasteiger partial charge in [0.1, 0.15) is 6.04 Å². The highest BCUT2D eigenvalue weighted by atomic mass is 16.7. The van der Waals surface area contributed by atoms with Gasteiger partial charge in [-0.1, -0.05) is 6.07 Å². The van der Waals surface area contributed by atoms with Crippen LogP contribution in [0.2, 0.25) is 0 Å². The van der Waals surface area contributed by atoms with Gasteiger partial charge in [-0.25, -0.2) is 0 Å². The van der Waals surface area contributed by atoms with E-state index in [4.69, 9.17) is 18.9 Å². The Hall–Kier alpha value is -2.40. The summed E-state index contributed by atoms with van der Waals surface area (Å²) in [5, 5.41) is 2.36. The summed E-state index contributed by atoms with van der Waals surface area (Å²) in [5.74, 6) is 3.34. The lowest BCUT2D eigenvalue weighted by Crippen LogP contribution is -2.87. The molecule has 0 bridgehead atoms. The minimum Gasteiger partial charge on any atom is -0.490 e. The molecule has 0 amide bonds. The summed E-state index contributed by atoms with van der Waals surface area (Å²) < 4.78 is 22.9. The van der Waals surface area contributed by atoms with Crippen LogP contribution in [0.25, 0.3) is 0 Å². The van der Waals surface area contributed by atoms with Crippen molar-refractivity contribution in [3.63, 3.8) is 0 Å². The fourth-order valence-electron chi connectivity index (χ4n) is 3.69. The highest BCUT2D eigenvalue weighted by Gasteiger charge is 2.32. The number of nitrogens with two attached hydrogens (primary N) is 1. The summed E-state index contributed by atoms with van der Waals surface area (Å²) >= 11 is 0. The number of hydrogen-bond donors (Lipinski definition) is 1. The molecule has 1 atom stereocenters. The van der Waals surface area contributed by atoms with Gasteiger partial charge in [0.15, 0.2) is 23.0 Å². The van der Waals surface area contributed by atoms with Crippen LogP contribution in [0.5, 0.6) is 23.0 Å². The van der Waals surface area contributed by atoms with Crippen molar-refractivity contribution in [2.45, 2.75) is 26.3 Å². The molecule has 2 N–H and O–H groups in total. The van der Waals surface area contributed by atoms with Crippen LogP contribution in [0, 0.1) is 0 Å². The van der Waals surface area contributed by atoms with Crippen LogP contribution < -0.4 is 24.3 Å². The SMILES string of the molecule is CCOc1cc2c(cc1OCC)[C@H](c1cccc3c1OCO3)[NH2+]CC2. The van der Waals surface area contributed by atoms with Crippen LogP contribution in [0.4, 0.5) is 0 Å². The third kappa shape index (κ3) is 2.89. The van der Waals surface area contributed by atoms with E-state index < -0.39 is 0 Å². The Morgan fingerprint density at radius 3 is 2.64 bits per heavy atom. The summed E-state index contributed by atoms with van der Waals surface area (Å²) in [7, 11) is 0. The molecule has 0 spiro atoms. The standard InChI is InChI=1S/C20H23NO4/c1-3-22-17-10-13-8-9-21-19(15(13)11-18(17)23-4-2)14-6-5-7-16-20(14)25-12-24-16/h5-7,10-11,19,21H,3-4,8-9,12H2,1-2H3/p+1/t19-/m0/s1. The van der Waals surface area contributed by atoms with Crippen LogP contribution in [0.1, 0.15) is 36.6 Å². The molecule has 4 rings (SSSR count). The third-order valence-corrected chi connectivity index (χ3v) is 4.72. The maximum absolute atomic E-state index is 5.84. The molecule has 25 heavy (non-hydrogen) atoms. The second-order valence-corrected chi connectivity index (χ2v) is 6.20. The Bertz CT molecular complexity index is 775. The molecule has 2 aliphatic rings. The molecule has 2 heterocycles. The van der Waals surface area contributed by atoms with Crippen molar-refractivity contribution >= 4 is 0 Å². The van der Waals surface area contributed by atoms with Gasteiger partial charge in [0.2, 0.25) is 6.79 Å². The van der Waals surface area contributed by atoms with Crippen LogP contribution >= 0.6 is 0 Å². The molecule has 0 fully saturated rings. The summed E-state index contributed by atoms with van der Waals surface area (Å²) in [6.07, 6.45) is 1.02. The van der Waals surface area contributed by atoms with E-state index in [1.165, 1.54) is 11.1 Å². The average Bonchev–Trinajstić information content (AvgIpc) is 3.11. The Labute approximate surface area is 147 Å². The molecule has 5 heteroatoms. The van der Waals surface area contributed by atoms with E-state index in [1.807, 2.05) is 26.0 Å². The van der Waals surface area contributed by atoms with Gasteiger partial charge in [0.25, 0.3) is 0 Å². The van der Waals surface area contributed by atoms with E-state index >= 15 is 0 Å². The van der Waals surface area contributed by atoms with Gasteiger partial charge in [-0.05, 0) is 43.7 Å². The molecule has 0 saturated heterocycles. The summed E-state index contributed by atoms with van der Waals surface area (Å²) in [4.78, 5) is 0. The molecule has 5 nitrogen and oxygen atoms in total. The monoisotopic (exact) mass is 342 g/mol. The maximum Gasteiger partial charge on any atom is 0.231 e. The third-order valence-electron chi connectivity index (χ3n) is 4.72. The first kappa shape index (κ1) is 16.1. The Kier molecular flexibility index (Phi) is 4.40. The zero-order chi connectivity index (χ0) is 17.2. The highest BCUT2D eigenvalue weighted by Crippen LogP contribution is 2.42. The molecule has 2 aliphatic heterocycles. The lowest BCUT2D eigenvalue weighted by Gasteiger charge is -2.26. The molecule has 2 aromatic rings. The van der Waals surface area contributed by atoms with Crippen molar-refractivity contribution in [1.82, 2.24) is 0 Å². The van der Waals surface area contributed by atoms with Crippen molar-refractivity contribution in [2.75, 3.05) is 26.6 Å². The van der Waals surface area contributed by atoms with Crippen molar-refractivity contribution in [2.24, 2.45) is 0 Å². The first-order valence-corrected chi connectivity index (χ1v) is 8.96. The van der Waals surface area contributed by atoms with E-state index in [1.54, 1.807) is 0 Å². The molecule has 0 saturated carbocycles. The normalized spacial score (nSPS) is 17.9. The fourth-order valence-corrected chi connectivity index (χ4v) is 3.69. The quantitative estimate of drug-likeness (QED) is 0.907. The van der Waals surface area contributed by atoms with Gasteiger partial charge in [0, 0.05) is 12.0 Å².